The fraction of sp³-hybridized carbons (Fsp3) is 0.385. The number of benzene rings is 1. The van der Waals surface area contributed by atoms with Crippen molar-refractivity contribution in [2.45, 2.75) is 38.3 Å². The number of piperidine rings is 1. The minimum atomic E-state index is -0.588. The number of rotatable bonds is 5. The third-order valence-corrected chi connectivity index (χ3v) is 7.25. The molecule has 3 aromatic heterocycles. The van der Waals surface area contributed by atoms with E-state index >= 15 is 0 Å². The molecule has 4 N–H and O–H groups in total. The van der Waals surface area contributed by atoms with E-state index in [1.165, 1.54) is 12.8 Å². The Kier molecular flexibility index (Phi) is 6.22. The molecule has 4 heterocycles. The van der Waals surface area contributed by atoms with Crippen molar-refractivity contribution >= 4 is 46.3 Å². The normalized spacial score (nSPS) is 17.9. The molecule has 1 aromatic carbocycles. The molecule has 10 heteroatoms. The number of hydrogen-bond donors (Lipinski definition) is 2. The average molecular weight is 508 g/mol. The Morgan fingerprint density at radius 1 is 1.17 bits per heavy atom. The SMILES string of the molecule is Cl.Cn1c(-c2cc3cccnc3n2CC2CC2)nc2cc(C(=O)N3CCC[C@@H](N)C3)cc(C(N)=O)c21. The van der Waals surface area contributed by atoms with Crippen LogP contribution in [0.3, 0.4) is 0 Å². The fourth-order valence-electron chi connectivity index (χ4n) is 5.28. The highest BCUT2D eigenvalue weighted by atomic mass is 35.5. The van der Waals surface area contributed by atoms with E-state index < -0.39 is 5.91 Å². The highest BCUT2D eigenvalue weighted by molar-refractivity contribution is 6.09. The van der Waals surface area contributed by atoms with Crippen LogP contribution >= 0.6 is 12.4 Å². The summed E-state index contributed by atoms with van der Waals surface area (Å²) in [5.41, 5.74) is 15.6. The van der Waals surface area contributed by atoms with Crippen molar-refractivity contribution in [2.24, 2.45) is 24.4 Å². The Morgan fingerprint density at radius 2 is 1.97 bits per heavy atom. The largest absolute Gasteiger partial charge is 0.366 e. The van der Waals surface area contributed by atoms with E-state index in [2.05, 4.69) is 15.6 Å². The standard InChI is InChI=1S/C26H29N7O2.ClH/c1-31-22-19(23(28)34)10-17(26(35)32-9-3-5-18(27)14-32)11-20(22)30-25(31)21-12-16-4-2-8-29-24(16)33(21)13-15-6-7-15;/h2,4,8,10-12,15,18H,3,5-7,9,13-14,27H2,1H3,(H2,28,34);1H/t18-;/m1./s1. The van der Waals surface area contributed by atoms with Gasteiger partial charge in [0.1, 0.15) is 5.65 Å². The summed E-state index contributed by atoms with van der Waals surface area (Å²) in [6.07, 6.45) is 6.01. The van der Waals surface area contributed by atoms with Crippen LogP contribution in [-0.2, 0) is 13.6 Å². The first kappa shape index (κ1) is 24.3. The Hall–Kier alpha value is -3.43. The Morgan fingerprint density at radius 3 is 2.69 bits per heavy atom. The number of primary amides is 1. The van der Waals surface area contributed by atoms with Crippen molar-refractivity contribution in [3.63, 3.8) is 0 Å². The number of nitrogens with zero attached hydrogens (tertiary/aromatic N) is 5. The number of hydrogen-bond acceptors (Lipinski definition) is 5. The van der Waals surface area contributed by atoms with Gasteiger partial charge in [-0.2, -0.15) is 0 Å². The Bertz CT molecular complexity index is 1490. The second-order valence-corrected chi connectivity index (χ2v) is 9.90. The third kappa shape index (κ3) is 4.12. The molecule has 1 saturated carbocycles. The molecular weight excluding hydrogens is 478 g/mol. The molecule has 188 valence electrons. The van der Waals surface area contributed by atoms with Crippen LogP contribution in [0.15, 0.2) is 36.5 Å². The minimum Gasteiger partial charge on any atom is -0.366 e. The van der Waals surface area contributed by atoms with Crippen molar-refractivity contribution in [3.8, 4) is 11.5 Å². The van der Waals surface area contributed by atoms with Crippen LogP contribution in [-0.4, -0.2) is 54.9 Å². The fourth-order valence-corrected chi connectivity index (χ4v) is 5.28. The van der Waals surface area contributed by atoms with Gasteiger partial charge in [-0.1, -0.05) is 0 Å². The summed E-state index contributed by atoms with van der Waals surface area (Å²) in [5.74, 6) is 0.617. The first-order valence-corrected chi connectivity index (χ1v) is 12.2. The summed E-state index contributed by atoms with van der Waals surface area (Å²) in [6.45, 7) is 2.03. The zero-order chi connectivity index (χ0) is 24.3. The number of halogens is 1. The molecule has 2 aliphatic rings. The van der Waals surface area contributed by atoms with Crippen molar-refractivity contribution < 1.29 is 9.59 Å². The Balaban J connectivity index is 0.00000267. The quantitative estimate of drug-likeness (QED) is 0.429. The molecule has 4 aromatic rings. The van der Waals surface area contributed by atoms with E-state index in [9.17, 15) is 9.59 Å². The first-order chi connectivity index (χ1) is 16.9. The maximum Gasteiger partial charge on any atom is 0.254 e. The van der Waals surface area contributed by atoms with E-state index in [4.69, 9.17) is 16.5 Å². The maximum atomic E-state index is 13.3. The molecule has 2 fully saturated rings. The van der Waals surface area contributed by atoms with Crippen LogP contribution in [0.25, 0.3) is 33.6 Å². The summed E-state index contributed by atoms with van der Waals surface area (Å²) >= 11 is 0. The van der Waals surface area contributed by atoms with Crippen LogP contribution in [0.5, 0.6) is 0 Å². The van der Waals surface area contributed by atoms with E-state index in [1.54, 1.807) is 23.2 Å². The first-order valence-electron chi connectivity index (χ1n) is 12.2. The van der Waals surface area contributed by atoms with Gasteiger partial charge in [0.25, 0.3) is 11.8 Å². The lowest BCUT2D eigenvalue weighted by Gasteiger charge is -2.30. The van der Waals surface area contributed by atoms with Gasteiger partial charge in [-0.25, -0.2) is 9.97 Å². The molecule has 1 atom stereocenters. The highest BCUT2D eigenvalue weighted by Gasteiger charge is 2.28. The third-order valence-electron chi connectivity index (χ3n) is 7.25. The number of carbonyl (C=O) groups excluding carboxylic acids is 2. The van der Waals surface area contributed by atoms with Gasteiger partial charge in [0.15, 0.2) is 5.82 Å². The molecule has 2 amide bonds. The summed E-state index contributed by atoms with van der Waals surface area (Å²) in [5, 5.41) is 1.04. The molecular formula is C26H30ClN7O2. The molecule has 0 radical (unpaired) electrons. The molecule has 0 bridgehead atoms. The van der Waals surface area contributed by atoms with Crippen LogP contribution < -0.4 is 11.5 Å². The predicted molar refractivity (Wildman–Crippen MR) is 141 cm³/mol. The minimum absolute atomic E-state index is 0. The highest BCUT2D eigenvalue weighted by Crippen LogP contribution is 2.36. The molecule has 0 unspecified atom stereocenters. The van der Waals surface area contributed by atoms with E-state index in [-0.39, 0.29) is 29.9 Å². The van der Waals surface area contributed by atoms with Crippen molar-refractivity contribution in [1.29, 1.82) is 0 Å². The Labute approximate surface area is 214 Å². The van der Waals surface area contributed by atoms with Gasteiger partial charge >= 0.3 is 0 Å². The topological polar surface area (TPSA) is 125 Å². The second-order valence-electron chi connectivity index (χ2n) is 9.90. The zero-order valence-electron chi connectivity index (χ0n) is 20.2. The zero-order valence-corrected chi connectivity index (χ0v) is 21.0. The number of nitrogens with two attached hydrogens (primary N) is 2. The van der Waals surface area contributed by atoms with Gasteiger partial charge in [0.2, 0.25) is 0 Å². The molecule has 0 spiro atoms. The molecule has 1 aliphatic carbocycles. The second kappa shape index (κ2) is 9.22. The summed E-state index contributed by atoms with van der Waals surface area (Å²) in [4.78, 5) is 37.1. The molecule has 36 heavy (non-hydrogen) atoms. The molecule has 9 nitrogen and oxygen atoms in total. The molecule has 6 rings (SSSR count). The number of aromatic nitrogens is 4. The number of aryl methyl sites for hydroxylation is 1. The van der Waals surface area contributed by atoms with Crippen LogP contribution in [0, 0.1) is 5.92 Å². The lowest BCUT2D eigenvalue weighted by Crippen LogP contribution is -2.45. The summed E-state index contributed by atoms with van der Waals surface area (Å²) < 4.78 is 4.12. The number of carbonyl (C=O) groups is 2. The number of fused-ring (bicyclic) bond motifs is 2. The van der Waals surface area contributed by atoms with E-state index in [0.29, 0.717) is 41.4 Å². The number of pyridine rings is 1. The lowest BCUT2D eigenvalue weighted by molar-refractivity contribution is 0.0709. The maximum absolute atomic E-state index is 13.3. The van der Waals surface area contributed by atoms with Gasteiger partial charge in [-0.3, -0.25) is 9.59 Å². The van der Waals surface area contributed by atoms with Gasteiger partial charge in [-0.05, 0) is 61.9 Å². The van der Waals surface area contributed by atoms with Crippen molar-refractivity contribution in [1.82, 2.24) is 24.0 Å². The van der Waals surface area contributed by atoms with Gasteiger partial charge in [-0.15, -0.1) is 12.4 Å². The monoisotopic (exact) mass is 507 g/mol. The predicted octanol–water partition coefficient (Wildman–Crippen LogP) is 3.08. The van der Waals surface area contributed by atoms with Crippen LogP contribution in [0.2, 0.25) is 0 Å². The van der Waals surface area contributed by atoms with Crippen LogP contribution in [0.1, 0.15) is 46.4 Å². The van der Waals surface area contributed by atoms with Crippen molar-refractivity contribution in [2.75, 3.05) is 13.1 Å². The van der Waals surface area contributed by atoms with E-state index in [0.717, 1.165) is 36.1 Å². The van der Waals surface area contributed by atoms with Crippen LogP contribution in [0.4, 0.5) is 0 Å². The molecule has 1 aliphatic heterocycles. The van der Waals surface area contributed by atoms with Gasteiger partial charge in [0, 0.05) is 49.9 Å². The van der Waals surface area contributed by atoms with E-state index in [1.807, 2.05) is 23.7 Å². The summed E-state index contributed by atoms with van der Waals surface area (Å²) in [7, 11) is 1.88. The summed E-state index contributed by atoms with van der Waals surface area (Å²) in [6, 6.07) is 9.40. The average Bonchev–Trinajstić information content (AvgIpc) is 3.52. The number of imidazole rings is 1. The molecule has 1 saturated heterocycles. The van der Waals surface area contributed by atoms with Gasteiger partial charge in [0.05, 0.1) is 22.3 Å². The number of likely N-dealkylation sites (tertiary alicyclic amines) is 1. The van der Waals surface area contributed by atoms with Gasteiger partial charge < -0.3 is 25.5 Å². The lowest BCUT2D eigenvalue weighted by atomic mass is 10.0. The van der Waals surface area contributed by atoms with Crippen molar-refractivity contribution in [3.05, 3.63) is 47.7 Å². The number of amides is 2. The smallest absolute Gasteiger partial charge is 0.254 e.